The van der Waals surface area contributed by atoms with Gasteiger partial charge in [-0.3, -0.25) is 0 Å². The number of carbonyl (C=O) groups excluding carboxylic acids is 1. The number of halogens is 2. The van der Waals surface area contributed by atoms with Gasteiger partial charge in [-0.15, -0.1) is 0 Å². The van der Waals surface area contributed by atoms with Crippen molar-refractivity contribution in [2.24, 2.45) is 0 Å². The third-order valence-electron chi connectivity index (χ3n) is 1.47. The van der Waals surface area contributed by atoms with Crippen LogP contribution in [0.25, 0.3) is 0 Å². The highest BCUT2D eigenvalue weighted by atomic mass is 19.3. The molecule has 2 nitrogen and oxygen atoms in total. The van der Waals surface area contributed by atoms with Crippen LogP contribution in [0.1, 0.15) is 19.8 Å². The lowest BCUT2D eigenvalue weighted by Gasteiger charge is -2.24. The van der Waals surface area contributed by atoms with Gasteiger partial charge in [-0.1, -0.05) is 0 Å². The monoisotopic (exact) mass is 150 g/mol. The molecule has 1 saturated heterocycles. The molecule has 1 heterocycles. The van der Waals surface area contributed by atoms with Crippen LogP contribution in [0.5, 0.6) is 0 Å². The molecule has 1 unspecified atom stereocenters. The van der Waals surface area contributed by atoms with Crippen molar-refractivity contribution in [1.29, 1.82) is 0 Å². The van der Waals surface area contributed by atoms with E-state index in [-0.39, 0.29) is 18.9 Å². The highest BCUT2D eigenvalue weighted by molar-refractivity contribution is 5.78. The second-order valence-electron chi connectivity index (χ2n) is 2.46. The van der Waals surface area contributed by atoms with Gasteiger partial charge in [0.15, 0.2) is 0 Å². The van der Waals surface area contributed by atoms with Crippen LogP contribution in [0, 0.1) is 0 Å². The van der Waals surface area contributed by atoms with Crippen molar-refractivity contribution in [2.75, 3.05) is 0 Å². The molecule has 0 spiro atoms. The van der Waals surface area contributed by atoms with E-state index in [9.17, 15) is 13.6 Å². The summed E-state index contributed by atoms with van der Waals surface area (Å²) in [5.41, 5.74) is 0. The summed E-state index contributed by atoms with van der Waals surface area (Å²) in [6, 6.07) is 0. The largest absolute Gasteiger partial charge is 0.458 e. The number of rotatable bonds is 0. The zero-order valence-electron chi connectivity index (χ0n) is 5.56. The summed E-state index contributed by atoms with van der Waals surface area (Å²) < 4.78 is 28.9. The van der Waals surface area contributed by atoms with E-state index in [2.05, 4.69) is 4.74 Å². The predicted octanol–water partition coefficient (Wildman–Crippen LogP) is 1.35. The molecule has 0 aromatic rings. The molecule has 1 aliphatic heterocycles. The number of hydrogen-bond acceptors (Lipinski definition) is 2. The lowest BCUT2D eigenvalue weighted by atomic mass is 10.1. The standard InChI is InChI=1S/C6H8F2O2/c1-4-2-3-6(7,8)5(9)10-4/h4H,2-3H2,1H3. The summed E-state index contributed by atoms with van der Waals surface area (Å²) in [7, 11) is 0. The van der Waals surface area contributed by atoms with Gasteiger partial charge in [0.2, 0.25) is 0 Å². The van der Waals surface area contributed by atoms with Crippen molar-refractivity contribution in [3.05, 3.63) is 0 Å². The first-order valence-corrected chi connectivity index (χ1v) is 3.11. The molecule has 1 aliphatic rings. The molecular weight excluding hydrogens is 142 g/mol. The van der Waals surface area contributed by atoms with Gasteiger partial charge in [-0.25, -0.2) is 4.79 Å². The molecule has 0 aliphatic carbocycles. The third kappa shape index (κ3) is 1.25. The van der Waals surface area contributed by atoms with Gasteiger partial charge in [-0.05, 0) is 13.3 Å². The van der Waals surface area contributed by atoms with E-state index >= 15 is 0 Å². The van der Waals surface area contributed by atoms with Crippen LogP contribution in [-0.2, 0) is 9.53 Å². The second-order valence-corrected chi connectivity index (χ2v) is 2.46. The number of carbonyl (C=O) groups is 1. The molecule has 1 atom stereocenters. The molecule has 58 valence electrons. The van der Waals surface area contributed by atoms with Crippen LogP contribution in [0.15, 0.2) is 0 Å². The van der Waals surface area contributed by atoms with E-state index < -0.39 is 11.9 Å². The Morgan fingerprint density at radius 1 is 1.70 bits per heavy atom. The molecule has 0 bridgehead atoms. The summed E-state index contributed by atoms with van der Waals surface area (Å²) >= 11 is 0. The number of alkyl halides is 2. The van der Waals surface area contributed by atoms with Crippen LogP contribution >= 0.6 is 0 Å². The number of ether oxygens (including phenoxy) is 1. The van der Waals surface area contributed by atoms with Crippen LogP contribution in [0.4, 0.5) is 8.78 Å². The molecule has 4 heteroatoms. The Morgan fingerprint density at radius 2 is 2.30 bits per heavy atom. The summed E-state index contributed by atoms with van der Waals surface area (Å²) in [6.07, 6.45) is -0.488. The first-order valence-electron chi connectivity index (χ1n) is 3.11. The van der Waals surface area contributed by atoms with E-state index in [1.807, 2.05) is 0 Å². The Kier molecular flexibility index (Phi) is 1.62. The number of esters is 1. The van der Waals surface area contributed by atoms with Gasteiger partial charge in [0.05, 0.1) is 6.10 Å². The summed E-state index contributed by atoms with van der Waals surface area (Å²) in [4.78, 5) is 10.4. The molecule has 1 fully saturated rings. The molecule has 1 rings (SSSR count). The summed E-state index contributed by atoms with van der Waals surface area (Å²) in [5.74, 6) is -4.63. The summed E-state index contributed by atoms with van der Waals surface area (Å²) in [6.45, 7) is 1.60. The Labute approximate surface area is 57.2 Å². The molecule has 0 amide bonds. The summed E-state index contributed by atoms with van der Waals surface area (Å²) in [5, 5.41) is 0. The van der Waals surface area contributed by atoms with E-state index in [1.54, 1.807) is 6.92 Å². The quantitative estimate of drug-likeness (QED) is 0.487. The van der Waals surface area contributed by atoms with Gasteiger partial charge in [0, 0.05) is 6.42 Å². The van der Waals surface area contributed by atoms with E-state index in [4.69, 9.17) is 0 Å². The number of hydrogen-bond donors (Lipinski definition) is 0. The van der Waals surface area contributed by atoms with Crippen LogP contribution in [-0.4, -0.2) is 18.0 Å². The van der Waals surface area contributed by atoms with Crippen molar-refractivity contribution in [1.82, 2.24) is 0 Å². The molecule has 0 aromatic carbocycles. The van der Waals surface area contributed by atoms with Gasteiger partial charge >= 0.3 is 11.9 Å². The lowest BCUT2D eigenvalue weighted by molar-refractivity contribution is -0.188. The molecule has 0 aromatic heterocycles. The predicted molar refractivity (Wildman–Crippen MR) is 29.7 cm³/mol. The van der Waals surface area contributed by atoms with Gasteiger partial charge in [-0.2, -0.15) is 8.78 Å². The Hall–Kier alpha value is -0.670. The van der Waals surface area contributed by atoms with Crippen LogP contribution in [0.2, 0.25) is 0 Å². The smallest absolute Gasteiger partial charge is 0.377 e. The molecule has 0 radical (unpaired) electrons. The van der Waals surface area contributed by atoms with E-state index in [0.717, 1.165) is 0 Å². The maximum atomic E-state index is 12.3. The van der Waals surface area contributed by atoms with E-state index in [1.165, 1.54) is 0 Å². The normalized spacial score (nSPS) is 31.5. The van der Waals surface area contributed by atoms with Gasteiger partial charge < -0.3 is 4.74 Å². The third-order valence-corrected chi connectivity index (χ3v) is 1.47. The fourth-order valence-corrected chi connectivity index (χ4v) is 0.814. The first-order chi connectivity index (χ1) is 4.52. The van der Waals surface area contributed by atoms with Crippen LogP contribution in [0.3, 0.4) is 0 Å². The molecule has 0 saturated carbocycles. The Morgan fingerprint density at radius 3 is 2.70 bits per heavy atom. The molecule has 0 N–H and O–H groups in total. The van der Waals surface area contributed by atoms with Gasteiger partial charge in [0.25, 0.3) is 0 Å². The van der Waals surface area contributed by atoms with Gasteiger partial charge in [0.1, 0.15) is 0 Å². The van der Waals surface area contributed by atoms with Crippen molar-refractivity contribution in [3.63, 3.8) is 0 Å². The Balaban J connectivity index is 2.61. The van der Waals surface area contributed by atoms with Crippen molar-refractivity contribution in [2.45, 2.75) is 31.8 Å². The topological polar surface area (TPSA) is 26.3 Å². The Bertz CT molecular complexity index is 156. The molecular formula is C6H8F2O2. The SMILES string of the molecule is CC1CCC(F)(F)C(=O)O1. The average Bonchev–Trinajstić information content (AvgIpc) is 1.81. The fourth-order valence-electron chi connectivity index (χ4n) is 0.814. The van der Waals surface area contributed by atoms with Crippen LogP contribution < -0.4 is 0 Å². The fraction of sp³-hybridized carbons (Fsp3) is 0.833. The number of cyclic esters (lactones) is 1. The maximum absolute atomic E-state index is 12.3. The minimum Gasteiger partial charge on any atom is -0.458 e. The minimum atomic E-state index is -3.24. The minimum absolute atomic E-state index is 0.249. The van der Waals surface area contributed by atoms with Crippen molar-refractivity contribution < 1.29 is 18.3 Å². The highest BCUT2D eigenvalue weighted by Crippen LogP contribution is 2.28. The average molecular weight is 150 g/mol. The van der Waals surface area contributed by atoms with E-state index in [0.29, 0.717) is 0 Å². The lowest BCUT2D eigenvalue weighted by Crippen LogP contribution is -2.38. The first kappa shape index (κ1) is 7.44. The maximum Gasteiger partial charge on any atom is 0.377 e. The zero-order chi connectivity index (χ0) is 7.78. The zero-order valence-corrected chi connectivity index (χ0v) is 5.56. The molecule has 10 heavy (non-hydrogen) atoms. The highest BCUT2D eigenvalue weighted by Gasteiger charge is 2.44. The second kappa shape index (κ2) is 2.18. The van der Waals surface area contributed by atoms with Crippen molar-refractivity contribution >= 4 is 5.97 Å². The van der Waals surface area contributed by atoms with Crippen molar-refractivity contribution in [3.8, 4) is 0 Å².